The summed E-state index contributed by atoms with van der Waals surface area (Å²) in [6.45, 7) is 33.8. The lowest BCUT2D eigenvalue weighted by Gasteiger charge is -2.47. The van der Waals surface area contributed by atoms with Crippen LogP contribution in [0.15, 0.2) is 41.6 Å². The molecule has 0 aliphatic rings. The maximum absolute atomic E-state index is 14.8. The van der Waals surface area contributed by atoms with Crippen molar-refractivity contribution in [1.29, 1.82) is 0 Å². The van der Waals surface area contributed by atoms with Gasteiger partial charge in [0.25, 0.3) is 0 Å². The maximum Gasteiger partial charge on any atom is 0.305 e. The molecule has 0 spiro atoms. The number of ketones is 1. The number of aliphatic carboxylic acids is 1. The van der Waals surface area contributed by atoms with Crippen molar-refractivity contribution in [2.45, 2.75) is 176 Å². The highest BCUT2D eigenvalue weighted by molar-refractivity contribution is 6.74. The Labute approximate surface area is 308 Å². The summed E-state index contributed by atoms with van der Waals surface area (Å²) in [7, 11) is -4.66. The number of carbonyl (C=O) groups excluding carboxylic acids is 1. The molecule has 7 nitrogen and oxygen atoms in total. The molecule has 50 heavy (non-hydrogen) atoms. The average molecular weight is 732 g/mol. The molecule has 1 heterocycles. The number of hydrogen-bond acceptors (Lipinski definition) is 6. The molecule has 1 aromatic heterocycles. The summed E-state index contributed by atoms with van der Waals surface area (Å²) < 4.78 is 13.9. The van der Waals surface area contributed by atoms with Gasteiger partial charge in [-0.1, -0.05) is 87.0 Å². The Morgan fingerprint density at radius 3 is 1.98 bits per heavy atom. The van der Waals surface area contributed by atoms with E-state index in [9.17, 15) is 19.8 Å². The van der Waals surface area contributed by atoms with Crippen molar-refractivity contribution in [3.63, 3.8) is 0 Å². The second-order valence-electron chi connectivity index (χ2n) is 18.2. The monoisotopic (exact) mass is 731 g/mol. The van der Waals surface area contributed by atoms with Gasteiger partial charge in [0.2, 0.25) is 0 Å². The minimum absolute atomic E-state index is 0.0275. The molecule has 0 saturated carbocycles. The molecule has 5 atom stereocenters. The van der Waals surface area contributed by atoms with E-state index in [1.165, 1.54) is 5.57 Å². The second kappa shape index (κ2) is 18.7. The largest absolute Gasteiger partial charge is 0.481 e. The Balaban J connectivity index is 3.28. The number of carboxylic acids is 1. The van der Waals surface area contributed by atoms with Crippen LogP contribution < -0.4 is 0 Å². The summed E-state index contributed by atoms with van der Waals surface area (Å²) in [6, 6.07) is 5.74. The number of nitrogens with zero attached hydrogens (tertiary/aromatic N) is 1. The van der Waals surface area contributed by atoms with Gasteiger partial charge in [-0.15, -0.1) is 0 Å². The number of allylic oxidation sites excluding steroid dienone is 1. The summed E-state index contributed by atoms with van der Waals surface area (Å²) in [5, 5.41) is 20.5. The molecule has 0 aliphatic carbocycles. The zero-order valence-electron chi connectivity index (χ0n) is 34.6. The van der Waals surface area contributed by atoms with E-state index in [1.54, 1.807) is 6.20 Å². The molecule has 1 rings (SSSR count). The van der Waals surface area contributed by atoms with Gasteiger partial charge in [-0.2, -0.15) is 0 Å². The third-order valence-corrected chi connectivity index (χ3v) is 20.5. The number of aliphatic hydroxyl groups excluding tert-OH is 1. The Bertz CT molecular complexity index is 1290. The van der Waals surface area contributed by atoms with Crippen molar-refractivity contribution < 1.29 is 28.7 Å². The number of carboxylic acid groups (broad SMARTS) is 1. The van der Waals surface area contributed by atoms with Crippen molar-refractivity contribution in [1.82, 2.24) is 4.98 Å². The van der Waals surface area contributed by atoms with Gasteiger partial charge in [-0.25, -0.2) is 0 Å². The van der Waals surface area contributed by atoms with E-state index in [-0.39, 0.29) is 34.3 Å². The van der Waals surface area contributed by atoms with Gasteiger partial charge in [0.05, 0.1) is 30.4 Å². The lowest BCUT2D eigenvalue weighted by atomic mass is 9.71. The molecule has 0 aromatic carbocycles. The van der Waals surface area contributed by atoms with E-state index < -0.39 is 46.1 Å². The van der Waals surface area contributed by atoms with Crippen molar-refractivity contribution in [3.8, 4) is 0 Å². The maximum atomic E-state index is 14.8. The van der Waals surface area contributed by atoms with Crippen molar-refractivity contribution >= 4 is 34.5 Å². The number of aliphatic hydroxyl groups is 1. The molecule has 0 saturated heterocycles. The summed E-state index contributed by atoms with van der Waals surface area (Å²) in [5.74, 6) is -1.22. The number of hydrogen-bond donors (Lipinski definition) is 2. The van der Waals surface area contributed by atoms with Gasteiger partial charge >= 0.3 is 5.97 Å². The zero-order chi connectivity index (χ0) is 38.9. The highest BCUT2D eigenvalue weighted by Gasteiger charge is 2.50. The van der Waals surface area contributed by atoms with E-state index in [0.29, 0.717) is 12.8 Å². The predicted molar refractivity (Wildman–Crippen MR) is 214 cm³/mol. The quantitative estimate of drug-likeness (QED) is 0.102. The van der Waals surface area contributed by atoms with Crippen molar-refractivity contribution in [3.05, 3.63) is 47.3 Å². The summed E-state index contributed by atoms with van der Waals surface area (Å²) in [6.07, 6.45) is 7.84. The first-order valence-corrected chi connectivity index (χ1v) is 24.5. The highest BCUT2D eigenvalue weighted by Crippen LogP contribution is 2.44. The number of Topliss-reactive ketones (excluding diaryl/α,β-unsaturated/α-hetero) is 1. The smallest absolute Gasteiger partial charge is 0.305 e. The SMILES string of the molecule is CC[C@@H](C(=O)C(C)(C)[C@H](CC(=O)O)O[Si](C)(C)C(C)(C)C)[C@@H](O[Si](C)(C)C(C)(C)C)[C@@H](C)CCC/C(C)=C\C[C@H](O)/C(C)=C/c1ccccn1. The molecule has 0 aliphatic heterocycles. The van der Waals surface area contributed by atoms with Crippen LogP contribution in [-0.2, 0) is 18.4 Å². The molecule has 0 unspecified atom stereocenters. The normalized spacial score (nSPS) is 17.2. The molecule has 0 radical (unpaired) electrons. The predicted octanol–water partition coefficient (Wildman–Crippen LogP) is 10.9. The third kappa shape index (κ3) is 13.6. The van der Waals surface area contributed by atoms with Gasteiger partial charge in [0, 0.05) is 17.5 Å². The molecular formula is C41H73NO6Si2. The molecule has 0 bridgehead atoms. The fourth-order valence-electron chi connectivity index (χ4n) is 5.71. The van der Waals surface area contributed by atoms with E-state index in [4.69, 9.17) is 8.85 Å². The Morgan fingerprint density at radius 1 is 0.940 bits per heavy atom. The first-order chi connectivity index (χ1) is 22.7. The molecule has 286 valence electrons. The van der Waals surface area contributed by atoms with Gasteiger partial charge in [0.1, 0.15) is 5.78 Å². The molecule has 0 fully saturated rings. The Hall–Kier alpha value is -1.92. The molecule has 2 N–H and O–H groups in total. The van der Waals surface area contributed by atoms with Gasteiger partial charge in [-0.05, 0) is 112 Å². The molecule has 9 heteroatoms. The summed E-state index contributed by atoms with van der Waals surface area (Å²) in [5.41, 5.74) is 1.92. The van der Waals surface area contributed by atoms with Crippen LogP contribution in [0.2, 0.25) is 36.3 Å². The highest BCUT2D eigenvalue weighted by atomic mass is 28.4. The van der Waals surface area contributed by atoms with Crippen LogP contribution >= 0.6 is 0 Å². The van der Waals surface area contributed by atoms with Crippen LogP contribution in [0.3, 0.4) is 0 Å². The second-order valence-corrected chi connectivity index (χ2v) is 27.7. The zero-order valence-corrected chi connectivity index (χ0v) is 36.6. The third-order valence-electron chi connectivity index (χ3n) is 11.5. The lowest BCUT2D eigenvalue weighted by molar-refractivity contribution is -0.147. The van der Waals surface area contributed by atoms with Gasteiger partial charge in [0.15, 0.2) is 16.6 Å². The fourth-order valence-corrected chi connectivity index (χ4v) is 8.58. The van der Waals surface area contributed by atoms with E-state index in [0.717, 1.165) is 30.5 Å². The minimum atomic E-state index is -2.38. The van der Waals surface area contributed by atoms with Crippen LogP contribution in [0, 0.1) is 17.3 Å². The van der Waals surface area contributed by atoms with Crippen molar-refractivity contribution in [2.24, 2.45) is 17.3 Å². The van der Waals surface area contributed by atoms with E-state index in [1.807, 2.05) is 45.0 Å². The van der Waals surface area contributed by atoms with Crippen LogP contribution in [0.25, 0.3) is 6.08 Å². The Morgan fingerprint density at radius 2 is 1.50 bits per heavy atom. The topological polar surface area (TPSA) is 106 Å². The number of aromatic nitrogens is 1. The number of rotatable bonds is 20. The minimum Gasteiger partial charge on any atom is -0.481 e. The lowest BCUT2D eigenvalue weighted by Crippen LogP contribution is -2.54. The summed E-state index contributed by atoms with van der Waals surface area (Å²) in [4.78, 5) is 31.2. The molecule has 0 amide bonds. The van der Waals surface area contributed by atoms with Gasteiger partial charge in [-0.3, -0.25) is 14.6 Å². The number of carbonyl (C=O) groups is 2. The first-order valence-electron chi connectivity index (χ1n) is 18.7. The number of pyridine rings is 1. The van der Waals surface area contributed by atoms with Crippen LogP contribution in [0.5, 0.6) is 0 Å². The fraction of sp³-hybridized carbons (Fsp3) is 0.732. The van der Waals surface area contributed by atoms with E-state index in [2.05, 4.69) is 99.6 Å². The van der Waals surface area contributed by atoms with Crippen LogP contribution in [0.4, 0.5) is 0 Å². The van der Waals surface area contributed by atoms with Crippen LogP contribution in [-0.4, -0.2) is 61.9 Å². The van der Waals surface area contributed by atoms with Crippen LogP contribution in [0.1, 0.15) is 127 Å². The first kappa shape index (κ1) is 46.1. The molecular weight excluding hydrogens is 659 g/mol. The standard InChI is InChI=1S/C41H73NO6Si2/c1-17-33(38(46)41(11,12)35(28-36(44)45)47-49(13,14)39(5,6)7)37(48-50(15,16)40(8,9)10)30(3)22-20-21-29(2)24-25-34(43)31(4)27-32-23-18-19-26-42-32/h18-19,23-24,26-27,30,33-35,37,43H,17,20-22,25,28H2,1-16H3,(H,44,45)/b29-24-,31-27+/t30-,33+,34-,35-,37-/m0/s1. The van der Waals surface area contributed by atoms with Crippen molar-refractivity contribution in [2.75, 3.05) is 0 Å². The average Bonchev–Trinajstić information content (AvgIpc) is 2.98. The summed E-state index contributed by atoms with van der Waals surface area (Å²) >= 11 is 0. The van der Waals surface area contributed by atoms with E-state index >= 15 is 0 Å². The van der Waals surface area contributed by atoms with Gasteiger partial charge < -0.3 is 19.1 Å². The Kier molecular flexibility index (Phi) is 17.3. The molecule has 1 aromatic rings.